The zero-order chi connectivity index (χ0) is 70.9. The third-order valence-corrected chi connectivity index (χ3v) is 23.0. The summed E-state index contributed by atoms with van der Waals surface area (Å²) in [6, 6.07) is 16.0. The number of benzene rings is 3. The summed E-state index contributed by atoms with van der Waals surface area (Å²) in [5.74, 6) is -0.0405. The molecule has 8 N–H and O–H groups in total. The second-order valence-corrected chi connectivity index (χ2v) is 30.2. The highest BCUT2D eigenvalue weighted by atomic mass is 79.9. The maximum atomic E-state index is 14.2. The van der Waals surface area contributed by atoms with Crippen molar-refractivity contribution in [2.45, 2.75) is 204 Å². The smallest absolute Gasteiger partial charge is 0.317 e. The van der Waals surface area contributed by atoms with Crippen LogP contribution in [0.3, 0.4) is 0 Å². The number of carbonyl (C=O) groups is 4. The molecule has 4 atom stereocenters. The van der Waals surface area contributed by atoms with Gasteiger partial charge in [0.1, 0.15) is 16.5 Å². The fourth-order valence-corrected chi connectivity index (χ4v) is 15.4. The number of rotatable bonds is 8. The summed E-state index contributed by atoms with van der Waals surface area (Å²) in [7, 11) is 0. The van der Waals surface area contributed by atoms with E-state index in [0.29, 0.717) is 70.9 Å². The molecule has 4 aliphatic heterocycles. The van der Waals surface area contributed by atoms with E-state index in [1.54, 1.807) is 57.2 Å². The van der Waals surface area contributed by atoms with Crippen LogP contribution in [0.5, 0.6) is 0 Å². The molecule has 0 spiro atoms. The first-order chi connectivity index (χ1) is 48.7. The number of aromatic nitrogens is 9. The number of hydrogen-bond donors (Lipinski definition) is 8. The highest BCUT2D eigenvalue weighted by Crippen LogP contribution is 2.44. The van der Waals surface area contributed by atoms with Gasteiger partial charge < -0.3 is 40.9 Å². The van der Waals surface area contributed by atoms with Gasteiger partial charge in [-0.3, -0.25) is 20.4 Å². The number of halogens is 7. The van der Waals surface area contributed by atoms with Gasteiger partial charge in [0.15, 0.2) is 17.5 Å². The van der Waals surface area contributed by atoms with E-state index in [4.69, 9.17) is 5.26 Å². The largest absolute Gasteiger partial charge is 0.322 e. The molecule has 4 fully saturated rings. The minimum atomic E-state index is -0.702. The number of carbonyl (C=O) groups excluding carboxylic acids is 4. The Kier molecular flexibility index (Phi) is 21.4. The Bertz CT molecular complexity index is 4330. The van der Waals surface area contributed by atoms with Crippen LogP contribution in [0, 0.1) is 34.6 Å². The van der Waals surface area contributed by atoms with Gasteiger partial charge in [-0.1, -0.05) is 37.8 Å². The van der Waals surface area contributed by atoms with Gasteiger partial charge in [-0.05, 0) is 175 Å². The van der Waals surface area contributed by atoms with Crippen LogP contribution < -0.4 is 21.3 Å². The van der Waals surface area contributed by atoms with Crippen molar-refractivity contribution >= 4 is 94.7 Å². The average molecular weight is 1580 g/mol. The van der Waals surface area contributed by atoms with E-state index < -0.39 is 17.5 Å². The Morgan fingerprint density at radius 3 is 1.18 bits per heavy atom. The topological polar surface area (TPSA) is 281 Å². The summed E-state index contributed by atoms with van der Waals surface area (Å²) in [6.07, 6.45) is 18.7. The van der Waals surface area contributed by atoms with Crippen LogP contribution in [0.25, 0.3) is 0 Å². The highest BCUT2D eigenvalue weighted by molar-refractivity contribution is 9.11. The number of aromatic amines is 4. The second kappa shape index (κ2) is 30.5. The van der Waals surface area contributed by atoms with Gasteiger partial charge in [0.05, 0.1) is 80.5 Å². The molecule has 9 heterocycles. The Balaban J connectivity index is 0.000000120. The van der Waals surface area contributed by atoms with Crippen LogP contribution >= 0.6 is 47.8 Å². The van der Waals surface area contributed by atoms with E-state index in [1.165, 1.54) is 87.4 Å². The van der Waals surface area contributed by atoms with E-state index >= 15 is 0 Å². The van der Waals surface area contributed by atoms with Gasteiger partial charge >= 0.3 is 24.1 Å². The number of hydrogen-bond acceptors (Lipinski definition) is 10. The summed E-state index contributed by atoms with van der Waals surface area (Å²) in [5.41, 5.74) is 14.3. The Labute approximate surface area is 607 Å². The Morgan fingerprint density at radius 2 is 0.822 bits per heavy atom. The number of anilines is 4. The van der Waals surface area contributed by atoms with Crippen LogP contribution in [-0.4, -0.2) is 114 Å². The minimum absolute atomic E-state index is 0.00975. The van der Waals surface area contributed by atoms with Crippen molar-refractivity contribution in [1.82, 2.24) is 65.4 Å². The van der Waals surface area contributed by atoms with Crippen molar-refractivity contribution in [1.29, 1.82) is 5.26 Å². The second-order valence-electron chi connectivity index (χ2n) is 27.7. The first-order valence-electron chi connectivity index (χ1n) is 34.6. The van der Waals surface area contributed by atoms with E-state index in [2.05, 4.69) is 115 Å². The number of amides is 8. The molecule has 16 rings (SSSR count). The van der Waals surface area contributed by atoms with Crippen molar-refractivity contribution < 1.29 is 36.7 Å². The van der Waals surface area contributed by atoms with Crippen molar-refractivity contribution in [2.75, 3.05) is 21.3 Å². The molecule has 0 radical (unpaired) electrons. The van der Waals surface area contributed by atoms with Crippen LogP contribution in [0.2, 0.25) is 0 Å². The lowest BCUT2D eigenvalue weighted by atomic mass is 9.80. The normalized spacial score (nSPS) is 19.9. The van der Waals surface area contributed by atoms with Gasteiger partial charge in [0.25, 0.3) is 0 Å². The predicted molar refractivity (Wildman–Crippen MR) is 383 cm³/mol. The average Bonchev–Trinajstić information content (AvgIpc) is 1.68. The van der Waals surface area contributed by atoms with Gasteiger partial charge in [-0.2, -0.15) is 25.7 Å². The van der Waals surface area contributed by atoms with Crippen molar-refractivity contribution in [3.8, 4) is 6.07 Å². The van der Waals surface area contributed by atoms with E-state index in [-0.39, 0.29) is 81.3 Å². The number of urea groups is 4. The third-order valence-electron chi connectivity index (χ3n) is 21.2. The molecule has 8 amide bonds. The third kappa shape index (κ3) is 15.0. The predicted octanol–water partition coefficient (Wildman–Crippen LogP) is 16.7. The number of H-pyrrole nitrogens is 4. The number of fused-ring (bicyclic) bond motifs is 4. The van der Waals surface area contributed by atoms with E-state index in [0.717, 1.165) is 107 Å². The van der Waals surface area contributed by atoms with Crippen LogP contribution in [0.15, 0.2) is 80.4 Å². The van der Waals surface area contributed by atoms with Gasteiger partial charge in [-0.25, -0.2) is 41.7 Å². The zero-order valence-corrected chi connectivity index (χ0v) is 61.1. The van der Waals surface area contributed by atoms with Crippen molar-refractivity contribution in [3.05, 3.63) is 177 Å². The van der Waals surface area contributed by atoms with Crippen LogP contribution in [-0.2, 0) is 51.9 Å². The molecule has 0 bridgehead atoms. The van der Waals surface area contributed by atoms with Crippen molar-refractivity contribution in [2.24, 2.45) is 0 Å². The summed E-state index contributed by atoms with van der Waals surface area (Å²) in [5, 5.41) is 50.4. The minimum Gasteiger partial charge on any atom is -0.317 e. The molecule has 4 saturated carbocycles. The Morgan fingerprint density at radius 1 is 0.465 bits per heavy atom. The Hall–Kier alpha value is -8.62. The molecule has 3 aromatic carbocycles. The molecular weight excluding hydrogens is 1500 g/mol. The first-order valence-corrected chi connectivity index (χ1v) is 37.0. The lowest BCUT2D eigenvalue weighted by Crippen LogP contribution is -2.45. The van der Waals surface area contributed by atoms with Gasteiger partial charge in [0, 0.05) is 130 Å². The van der Waals surface area contributed by atoms with E-state index in [1.807, 2.05) is 32.6 Å². The quantitative estimate of drug-likeness (QED) is 0.0526. The fourth-order valence-electron chi connectivity index (χ4n) is 14.3. The van der Waals surface area contributed by atoms with Gasteiger partial charge in [0.2, 0.25) is 0 Å². The molecule has 101 heavy (non-hydrogen) atoms. The standard InChI is InChI=1S/C19H20FN5O.2C18H20BrFN4O.C17H19BrFN5O/c1-11-8-16-14(18(24-23-16)12-4-2-5-12)10-25(11)19(26)22-15-7-3-6-13(9-21)17(15)20;1-10-8-15-12(17(23-22-15)11-4-2-5-11)9-24(10)18(25)21-14-7-3-6-13(19)16(14)20;1-10-7-16-13(17(23-22-16)11-3-2-4-11)9-24(10)18(25)21-12-5-6-15(20)14(19)8-12;1-9-7-13-11(15(23-22-13)10-3-2-4-10)8-24(9)17(25)21-12-5-6-20-16(18)14(12)19/h3,6-7,11-12H,2,4-5,8,10H2,1H3,(H,22,26)(H,23,24);3,6-7,10-11H,2,4-5,8-9H2,1H3,(H,21,25)(H,22,23);5-6,8,10-11H,2-4,7,9H2,1H3,(H,21,25)(H,22,23);5-6,9-10H,2-4,7-8H2,1H3,(H,22,23)(H,20,21,25). The maximum absolute atomic E-state index is 14.2. The molecule has 5 aromatic heterocycles. The molecule has 530 valence electrons. The zero-order valence-electron chi connectivity index (χ0n) is 56.4. The van der Waals surface area contributed by atoms with Crippen LogP contribution in [0.4, 0.5) is 59.5 Å². The molecule has 4 unspecified atom stereocenters. The molecule has 4 aliphatic carbocycles. The lowest BCUT2D eigenvalue weighted by molar-refractivity contribution is 0.180. The monoisotopic (exact) mass is 1570 g/mol. The molecule has 8 aromatic rings. The highest BCUT2D eigenvalue weighted by Gasteiger charge is 2.39. The fraction of sp³-hybridized carbons (Fsp3) is 0.444. The number of pyridine rings is 1. The van der Waals surface area contributed by atoms with Gasteiger partial charge in [-0.15, -0.1) is 0 Å². The summed E-state index contributed by atoms with van der Waals surface area (Å²) in [4.78, 5) is 61.8. The maximum Gasteiger partial charge on any atom is 0.322 e. The van der Waals surface area contributed by atoms with Crippen LogP contribution in [0.1, 0.15) is 202 Å². The molecule has 8 aliphatic rings. The molecule has 0 saturated heterocycles. The summed E-state index contributed by atoms with van der Waals surface area (Å²) in [6.45, 7) is 10.0. The molecular formula is C72H79Br3F4N18O4. The number of nitriles is 1. The number of nitrogens with zero attached hydrogens (tertiary/aromatic N) is 10. The number of nitrogens with one attached hydrogen (secondary N) is 8. The molecule has 29 heteroatoms. The van der Waals surface area contributed by atoms with E-state index in [9.17, 15) is 36.7 Å². The van der Waals surface area contributed by atoms with Crippen molar-refractivity contribution in [3.63, 3.8) is 0 Å². The summed E-state index contributed by atoms with van der Waals surface area (Å²) >= 11 is 9.33. The summed E-state index contributed by atoms with van der Waals surface area (Å²) < 4.78 is 56.6. The molecule has 22 nitrogen and oxygen atoms in total. The first kappa shape index (κ1) is 70.8. The lowest BCUT2D eigenvalue weighted by Gasteiger charge is -2.34. The SMILES string of the molecule is CC1Cc2[nH]nc(C3CCC3)c2CN1C(=O)Nc1ccc(F)c(Br)c1.CC1Cc2[nH]nc(C3CCC3)c2CN1C(=O)Nc1cccc(Br)c1F.CC1Cc2[nH]nc(C3CCC3)c2CN1C(=O)Nc1cccc(C#N)c1F.CC1Cc2[nH]nc(C3CCC3)c2CN1C(=O)Nc1ccnc(Br)c1F.